The van der Waals surface area contributed by atoms with Gasteiger partial charge in [-0.05, 0) is 42.3 Å². The summed E-state index contributed by atoms with van der Waals surface area (Å²) in [4.78, 5) is 11.5. The summed E-state index contributed by atoms with van der Waals surface area (Å²) in [5, 5.41) is 9.38. The summed E-state index contributed by atoms with van der Waals surface area (Å²) in [6.07, 6.45) is 0. The Morgan fingerprint density at radius 2 is 1.70 bits per heavy atom. The molecular weight excluding hydrogens is 396 g/mol. The van der Waals surface area contributed by atoms with Crippen LogP contribution in [0, 0.1) is 18.6 Å². The van der Waals surface area contributed by atoms with E-state index < -0.39 is 27.6 Å². The molecule has 5 nitrogen and oxygen atoms in total. The zero-order valence-corrected chi connectivity index (χ0v) is 15.5. The van der Waals surface area contributed by atoms with E-state index in [1.165, 1.54) is 12.1 Å². The first-order chi connectivity index (χ1) is 12.7. The Bertz CT molecular complexity index is 1120. The highest BCUT2D eigenvalue weighted by Gasteiger charge is 2.23. The molecule has 0 amide bonds. The normalized spacial score (nSPS) is 11.4. The van der Waals surface area contributed by atoms with Gasteiger partial charge in [0.05, 0.1) is 10.6 Å². The molecule has 0 saturated heterocycles. The molecule has 0 fully saturated rings. The number of hydrogen-bond acceptors (Lipinski definition) is 4. The Kier molecular flexibility index (Phi) is 4.99. The minimum Gasteiger partial charge on any atom is -0.477 e. The van der Waals surface area contributed by atoms with Gasteiger partial charge in [-0.25, -0.2) is 22.0 Å². The van der Waals surface area contributed by atoms with Crippen molar-refractivity contribution < 1.29 is 27.1 Å². The molecule has 3 rings (SSSR count). The lowest BCUT2D eigenvalue weighted by molar-refractivity contribution is 0.0703. The average molecular weight is 409 g/mol. The highest BCUT2D eigenvalue weighted by molar-refractivity contribution is 7.92. The number of aromatic carboxylic acids is 1. The van der Waals surface area contributed by atoms with Crippen LogP contribution < -0.4 is 4.72 Å². The van der Waals surface area contributed by atoms with Crippen molar-refractivity contribution in [1.29, 1.82) is 0 Å². The Balaban J connectivity index is 2.07. The average Bonchev–Trinajstić information content (AvgIpc) is 2.97. The number of benzene rings is 2. The number of sulfonamides is 1. The fourth-order valence-corrected chi connectivity index (χ4v) is 4.84. The number of rotatable bonds is 5. The molecule has 0 aliphatic heterocycles. The van der Waals surface area contributed by atoms with Gasteiger partial charge >= 0.3 is 5.97 Å². The summed E-state index contributed by atoms with van der Waals surface area (Å²) in [6.45, 7) is 1.61. The third-order valence-corrected chi connectivity index (χ3v) is 6.40. The van der Waals surface area contributed by atoms with Crippen molar-refractivity contribution in [3.8, 4) is 10.4 Å². The number of hydrogen-bond donors (Lipinski definition) is 2. The number of halogens is 2. The van der Waals surface area contributed by atoms with Gasteiger partial charge in [0.15, 0.2) is 0 Å². The molecular formula is C18H13F2NO4S2. The molecule has 0 spiro atoms. The van der Waals surface area contributed by atoms with Crippen LogP contribution in [0.5, 0.6) is 0 Å². The molecule has 0 radical (unpaired) electrons. The van der Waals surface area contributed by atoms with E-state index in [4.69, 9.17) is 0 Å². The minimum absolute atomic E-state index is 0.00545. The molecule has 1 aromatic heterocycles. The van der Waals surface area contributed by atoms with E-state index in [-0.39, 0.29) is 25.9 Å². The Labute approximate surface area is 158 Å². The van der Waals surface area contributed by atoms with Gasteiger partial charge < -0.3 is 5.11 Å². The summed E-state index contributed by atoms with van der Waals surface area (Å²) in [5.41, 5.74) is 0.432. The van der Waals surface area contributed by atoms with Gasteiger partial charge in [0.1, 0.15) is 16.5 Å². The van der Waals surface area contributed by atoms with Gasteiger partial charge in [0, 0.05) is 10.9 Å². The first-order valence-electron chi connectivity index (χ1n) is 7.59. The number of aryl methyl sites for hydroxylation is 1. The molecule has 2 aromatic carbocycles. The van der Waals surface area contributed by atoms with Crippen molar-refractivity contribution in [1.82, 2.24) is 0 Å². The molecule has 140 valence electrons. The zero-order chi connectivity index (χ0) is 19.8. The van der Waals surface area contributed by atoms with Crippen LogP contribution in [0.4, 0.5) is 14.5 Å². The van der Waals surface area contributed by atoms with Crippen molar-refractivity contribution in [2.45, 2.75) is 11.8 Å². The largest absolute Gasteiger partial charge is 0.477 e. The number of carboxylic acid groups (broad SMARTS) is 1. The van der Waals surface area contributed by atoms with Gasteiger partial charge in [0.25, 0.3) is 10.0 Å². The van der Waals surface area contributed by atoms with Crippen LogP contribution in [-0.4, -0.2) is 19.5 Å². The second-order valence-electron chi connectivity index (χ2n) is 5.69. The minimum atomic E-state index is -4.04. The molecule has 0 aliphatic carbocycles. The van der Waals surface area contributed by atoms with E-state index in [0.717, 1.165) is 23.5 Å². The monoisotopic (exact) mass is 409 g/mol. The SMILES string of the molecule is Cc1ccccc1S(=O)(=O)Nc1cc(-c2cc(F)cc(F)c2)sc1C(=O)O. The lowest BCUT2D eigenvalue weighted by atomic mass is 10.2. The van der Waals surface area contributed by atoms with Gasteiger partial charge in [-0.15, -0.1) is 11.3 Å². The predicted octanol–water partition coefficient (Wildman–Crippen LogP) is 4.50. The Morgan fingerprint density at radius 1 is 1.07 bits per heavy atom. The maximum absolute atomic E-state index is 13.5. The van der Waals surface area contributed by atoms with Gasteiger partial charge in [-0.2, -0.15) is 0 Å². The van der Waals surface area contributed by atoms with Crippen molar-refractivity contribution in [3.63, 3.8) is 0 Å². The summed E-state index contributed by atoms with van der Waals surface area (Å²) >= 11 is 0.718. The number of anilines is 1. The molecule has 3 aromatic rings. The molecule has 2 N–H and O–H groups in total. The number of carboxylic acids is 1. The van der Waals surface area contributed by atoms with E-state index in [1.807, 2.05) is 0 Å². The number of nitrogens with one attached hydrogen (secondary N) is 1. The Morgan fingerprint density at radius 3 is 2.30 bits per heavy atom. The first-order valence-corrected chi connectivity index (χ1v) is 9.89. The van der Waals surface area contributed by atoms with E-state index >= 15 is 0 Å². The van der Waals surface area contributed by atoms with Crippen LogP contribution in [0.1, 0.15) is 15.2 Å². The van der Waals surface area contributed by atoms with Gasteiger partial charge in [-0.1, -0.05) is 18.2 Å². The van der Waals surface area contributed by atoms with E-state index in [2.05, 4.69) is 4.72 Å². The maximum Gasteiger partial charge on any atom is 0.348 e. The molecule has 0 saturated carbocycles. The van der Waals surface area contributed by atoms with Crippen LogP contribution in [0.15, 0.2) is 53.4 Å². The van der Waals surface area contributed by atoms with Crippen LogP contribution in [-0.2, 0) is 10.0 Å². The third-order valence-electron chi connectivity index (χ3n) is 3.70. The second kappa shape index (κ2) is 7.09. The van der Waals surface area contributed by atoms with Gasteiger partial charge in [0.2, 0.25) is 0 Å². The first kappa shape index (κ1) is 19.0. The highest BCUT2D eigenvalue weighted by Crippen LogP contribution is 2.36. The van der Waals surface area contributed by atoms with Crippen LogP contribution in [0.3, 0.4) is 0 Å². The topological polar surface area (TPSA) is 83.5 Å². The summed E-state index contributed by atoms with van der Waals surface area (Å²) in [7, 11) is -4.04. The van der Waals surface area contributed by atoms with Crippen LogP contribution in [0.2, 0.25) is 0 Å². The predicted molar refractivity (Wildman–Crippen MR) is 98.6 cm³/mol. The number of thiophene rings is 1. The molecule has 27 heavy (non-hydrogen) atoms. The Hall–Kier alpha value is -2.78. The van der Waals surface area contributed by atoms with E-state index in [9.17, 15) is 27.1 Å². The van der Waals surface area contributed by atoms with E-state index in [1.54, 1.807) is 25.1 Å². The summed E-state index contributed by atoms with van der Waals surface area (Å²) in [6, 6.07) is 10.3. The maximum atomic E-state index is 13.5. The van der Waals surface area contributed by atoms with Crippen molar-refractivity contribution >= 4 is 33.0 Å². The van der Waals surface area contributed by atoms with Crippen molar-refractivity contribution in [2.75, 3.05) is 4.72 Å². The molecule has 0 unspecified atom stereocenters. The summed E-state index contributed by atoms with van der Waals surface area (Å²) < 4.78 is 54.4. The standard InChI is InChI=1S/C18H13F2NO4S2/c1-10-4-2-3-5-16(10)27(24,25)21-14-9-15(26-17(14)18(22)23)11-6-12(19)8-13(20)7-11/h2-9,21H,1H3,(H,22,23). The quantitative estimate of drug-likeness (QED) is 0.650. The molecule has 0 atom stereocenters. The lowest BCUT2D eigenvalue weighted by Crippen LogP contribution is -2.15. The lowest BCUT2D eigenvalue weighted by Gasteiger charge is -2.09. The fraction of sp³-hybridized carbons (Fsp3) is 0.0556. The third kappa shape index (κ3) is 3.99. The van der Waals surface area contributed by atoms with Gasteiger partial charge in [-0.3, -0.25) is 4.72 Å². The molecule has 0 bridgehead atoms. The number of carbonyl (C=O) groups is 1. The van der Waals surface area contributed by atoms with Crippen LogP contribution in [0.25, 0.3) is 10.4 Å². The summed E-state index contributed by atoms with van der Waals surface area (Å²) in [5.74, 6) is -3.00. The molecule has 0 aliphatic rings. The molecule has 9 heteroatoms. The fourth-order valence-electron chi connectivity index (χ4n) is 2.52. The zero-order valence-electron chi connectivity index (χ0n) is 13.9. The highest BCUT2D eigenvalue weighted by atomic mass is 32.2. The molecule has 1 heterocycles. The van der Waals surface area contributed by atoms with Crippen LogP contribution >= 0.6 is 11.3 Å². The van der Waals surface area contributed by atoms with Crippen molar-refractivity contribution in [3.05, 3.63) is 70.6 Å². The van der Waals surface area contributed by atoms with Crippen molar-refractivity contribution in [2.24, 2.45) is 0 Å². The smallest absolute Gasteiger partial charge is 0.348 e. The van der Waals surface area contributed by atoms with E-state index in [0.29, 0.717) is 11.6 Å². The second-order valence-corrected chi connectivity index (χ2v) is 8.39.